The highest BCUT2D eigenvalue weighted by atomic mass is 16.3. The summed E-state index contributed by atoms with van der Waals surface area (Å²) < 4.78 is 0. The maximum atomic E-state index is 9.96. The van der Waals surface area contributed by atoms with Crippen molar-refractivity contribution in [1.29, 1.82) is 0 Å². The van der Waals surface area contributed by atoms with Crippen LogP contribution in [0.1, 0.15) is 12.5 Å². The molecule has 3 rings (SSSR count). The summed E-state index contributed by atoms with van der Waals surface area (Å²) in [6, 6.07) is 11.2. The standard InChI is InChI=1S/C17H27N3O/c1-17(14-21)13-19(10-15-6-4-3-5-7-15)12-16-11-18(2)8-9-20(16)17/h3-7,16,21H,8-14H2,1-2H3/t16-,17-/m0/s1. The zero-order chi connectivity index (χ0) is 14.9. The number of nitrogens with zero attached hydrogens (tertiary/aromatic N) is 3. The van der Waals surface area contributed by atoms with E-state index < -0.39 is 0 Å². The molecule has 0 bridgehead atoms. The fourth-order valence-corrected chi connectivity index (χ4v) is 3.92. The molecule has 2 fully saturated rings. The van der Waals surface area contributed by atoms with E-state index in [4.69, 9.17) is 0 Å². The Morgan fingerprint density at radius 1 is 1.19 bits per heavy atom. The SMILES string of the molecule is CN1CCN2[C@@H](C1)CN(Cc1ccccc1)C[C@@]2(C)CO. The number of hydrogen-bond donors (Lipinski definition) is 1. The van der Waals surface area contributed by atoms with Crippen molar-refractivity contribution in [1.82, 2.24) is 14.7 Å². The number of hydrogen-bond acceptors (Lipinski definition) is 4. The van der Waals surface area contributed by atoms with Crippen molar-refractivity contribution in [3.05, 3.63) is 35.9 Å². The fourth-order valence-electron chi connectivity index (χ4n) is 3.92. The maximum Gasteiger partial charge on any atom is 0.0625 e. The van der Waals surface area contributed by atoms with E-state index in [-0.39, 0.29) is 12.1 Å². The summed E-state index contributed by atoms with van der Waals surface area (Å²) in [6.07, 6.45) is 0. The predicted molar refractivity (Wildman–Crippen MR) is 85.2 cm³/mol. The molecule has 0 aromatic heterocycles. The van der Waals surface area contributed by atoms with Crippen molar-refractivity contribution in [3.63, 3.8) is 0 Å². The minimum atomic E-state index is -0.112. The third-order valence-electron chi connectivity index (χ3n) is 5.00. The van der Waals surface area contributed by atoms with E-state index in [0.717, 1.165) is 39.3 Å². The van der Waals surface area contributed by atoms with Crippen LogP contribution < -0.4 is 0 Å². The second kappa shape index (κ2) is 6.05. The molecule has 21 heavy (non-hydrogen) atoms. The van der Waals surface area contributed by atoms with Gasteiger partial charge < -0.3 is 10.0 Å². The van der Waals surface area contributed by atoms with Gasteiger partial charge in [-0.05, 0) is 19.5 Å². The minimum absolute atomic E-state index is 0.112. The molecule has 0 spiro atoms. The first-order valence-electron chi connectivity index (χ1n) is 7.93. The lowest BCUT2D eigenvalue weighted by Crippen LogP contribution is -2.71. The van der Waals surface area contributed by atoms with Gasteiger partial charge >= 0.3 is 0 Å². The second-order valence-corrected chi connectivity index (χ2v) is 6.92. The molecule has 1 aromatic carbocycles. The molecule has 0 unspecified atom stereocenters. The Balaban J connectivity index is 1.75. The molecule has 4 heteroatoms. The van der Waals surface area contributed by atoms with Gasteiger partial charge in [-0.25, -0.2) is 0 Å². The predicted octanol–water partition coefficient (Wildman–Crippen LogP) is 0.869. The molecular formula is C17H27N3O. The van der Waals surface area contributed by atoms with Crippen LogP contribution >= 0.6 is 0 Å². The summed E-state index contributed by atoms with van der Waals surface area (Å²) >= 11 is 0. The number of likely N-dealkylation sites (N-methyl/N-ethyl adjacent to an activating group) is 1. The molecule has 0 aliphatic carbocycles. The quantitative estimate of drug-likeness (QED) is 0.894. The lowest BCUT2D eigenvalue weighted by atomic mass is 9.91. The molecule has 1 aromatic rings. The first kappa shape index (κ1) is 15.0. The third-order valence-corrected chi connectivity index (χ3v) is 5.00. The molecule has 1 N–H and O–H groups in total. The van der Waals surface area contributed by atoms with E-state index in [1.54, 1.807) is 0 Å². The number of rotatable bonds is 3. The largest absolute Gasteiger partial charge is 0.394 e. The highest BCUT2D eigenvalue weighted by Crippen LogP contribution is 2.28. The molecule has 0 radical (unpaired) electrons. The lowest BCUT2D eigenvalue weighted by Gasteiger charge is -2.56. The van der Waals surface area contributed by atoms with Gasteiger partial charge in [0.2, 0.25) is 0 Å². The molecule has 116 valence electrons. The molecular weight excluding hydrogens is 262 g/mol. The Bertz CT molecular complexity index is 466. The van der Waals surface area contributed by atoms with Gasteiger partial charge in [0.25, 0.3) is 0 Å². The van der Waals surface area contributed by atoms with E-state index in [1.807, 2.05) is 0 Å². The minimum Gasteiger partial charge on any atom is -0.394 e. The average Bonchev–Trinajstić information content (AvgIpc) is 2.48. The number of piperazine rings is 2. The summed E-state index contributed by atoms with van der Waals surface area (Å²) in [5.74, 6) is 0. The van der Waals surface area contributed by atoms with E-state index >= 15 is 0 Å². The van der Waals surface area contributed by atoms with E-state index in [9.17, 15) is 5.11 Å². The van der Waals surface area contributed by atoms with Gasteiger partial charge in [-0.1, -0.05) is 30.3 Å². The molecule has 2 aliphatic heterocycles. The molecule has 2 saturated heterocycles. The first-order valence-corrected chi connectivity index (χ1v) is 7.93. The van der Waals surface area contributed by atoms with Crippen LogP contribution in [0.3, 0.4) is 0 Å². The monoisotopic (exact) mass is 289 g/mol. The lowest BCUT2D eigenvalue weighted by molar-refractivity contribution is -0.0905. The summed E-state index contributed by atoms with van der Waals surface area (Å²) in [7, 11) is 2.20. The van der Waals surface area contributed by atoms with Crippen molar-refractivity contribution in [3.8, 4) is 0 Å². The average molecular weight is 289 g/mol. The highest BCUT2D eigenvalue weighted by Gasteiger charge is 2.44. The van der Waals surface area contributed by atoms with Crippen molar-refractivity contribution < 1.29 is 5.11 Å². The van der Waals surface area contributed by atoms with Gasteiger partial charge in [0.05, 0.1) is 12.1 Å². The van der Waals surface area contributed by atoms with Crippen LogP contribution in [0, 0.1) is 0 Å². The van der Waals surface area contributed by atoms with Crippen LogP contribution in [-0.2, 0) is 6.54 Å². The number of benzene rings is 1. The Morgan fingerprint density at radius 2 is 1.95 bits per heavy atom. The summed E-state index contributed by atoms with van der Waals surface area (Å²) in [4.78, 5) is 7.45. The Kier molecular flexibility index (Phi) is 4.31. The van der Waals surface area contributed by atoms with Crippen LogP contribution in [0.2, 0.25) is 0 Å². The van der Waals surface area contributed by atoms with Crippen molar-refractivity contribution in [2.45, 2.75) is 25.0 Å². The van der Waals surface area contributed by atoms with Crippen LogP contribution in [-0.4, -0.2) is 77.8 Å². The van der Waals surface area contributed by atoms with Crippen LogP contribution in [0.25, 0.3) is 0 Å². The molecule has 0 saturated carbocycles. The van der Waals surface area contributed by atoms with Gasteiger partial charge in [-0.3, -0.25) is 9.80 Å². The number of fused-ring (bicyclic) bond motifs is 1. The van der Waals surface area contributed by atoms with Gasteiger partial charge in [-0.2, -0.15) is 0 Å². The van der Waals surface area contributed by atoms with Crippen LogP contribution in [0.4, 0.5) is 0 Å². The normalized spacial score (nSPS) is 32.0. The zero-order valence-electron chi connectivity index (χ0n) is 13.2. The van der Waals surface area contributed by atoms with Gasteiger partial charge in [0, 0.05) is 45.3 Å². The Morgan fingerprint density at radius 3 is 2.67 bits per heavy atom. The molecule has 4 nitrogen and oxygen atoms in total. The second-order valence-electron chi connectivity index (χ2n) is 6.92. The fraction of sp³-hybridized carbons (Fsp3) is 0.647. The molecule has 2 heterocycles. The number of aliphatic hydroxyl groups is 1. The van der Waals surface area contributed by atoms with Gasteiger partial charge in [0.1, 0.15) is 0 Å². The first-order chi connectivity index (χ1) is 10.1. The van der Waals surface area contributed by atoms with Crippen LogP contribution in [0.5, 0.6) is 0 Å². The van der Waals surface area contributed by atoms with Gasteiger partial charge in [0.15, 0.2) is 0 Å². The highest BCUT2D eigenvalue weighted by molar-refractivity contribution is 5.15. The summed E-state index contributed by atoms with van der Waals surface area (Å²) in [5, 5.41) is 9.96. The van der Waals surface area contributed by atoms with Gasteiger partial charge in [-0.15, -0.1) is 0 Å². The van der Waals surface area contributed by atoms with E-state index in [1.165, 1.54) is 5.56 Å². The maximum absolute atomic E-state index is 9.96. The molecule has 2 atom stereocenters. The Labute approximate surface area is 128 Å². The van der Waals surface area contributed by atoms with Crippen molar-refractivity contribution >= 4 is 0 Å². The summed E-state index contributed by atoms with van der Waals surface area (Å²) in [5.41, 5.74) is 1.24. The Hall–Kier alpha value is -0.940. The molecule has 2 aliphatic rings. The summed E-state index contributed by atoms with van der Waals surface area (Å²) in [6.45, 7) is 8.72. The van der Waals surface area contributed by atoms with Crippen molar-refractivity contribution in [2.24, 2.45) is 0 Å². The van der Waals surface area contributed by atoms with E-state index in [2.05, 4.69) is 59.0 Å². The van der Waals surface area contributed by atoms with Crippen molar-refractivity contribution in [2.75, 3.05) is 46.4 Å². The van der Waals surface area contributed by atoms with Crippen LogP contribution in [0.15, 0.2) is 30.3 Å². The molecule has 0 amide bonds. The topological polar surface area (TPSA) is 30.0 Å². The smallest absolute Gasteiger partial charge is 0.0625 e. The number of aliphatic hydroxyl groups excluding tert-OH is 1. The van der Waals surface area contributed by atoms with E-state index in [0.29, 0.717) is 6.04 Å². The third kappa shape index (κ3) is 3.14. The zero-order valence-corrected chi connectivity index (χ0v) is 13.2.